The number of amides is 1. The molecule has 0 bridgehead atoms. The van der Waals surface area contributed by atoms with Gasteiger partial charge in [-0.25, -0.2) is 0 Å². The summed E-state index contributed by atoms with van der Waals surface area (Å²) in [5.41, 5.74) is 0.608. The average molecular weight is 322 g/mol. The third-order valence-electron chi connectivity index (χ3n) is 1.31. The number of anilines is 1. The number of oxime groups is 1. The molecule has 0 heterocycles. The van der Waals surface area contributed by atoms with E-state index in [1.165, 1.54) is 0 Å². The van der Waals surface area contributed by atoms with Crippen molar-refractivity contribution in [2.24, 2.45) is 5.16 Å². The molecular formula is C8H6Br2N2O2. The van der Waals surface area contributed by atoms with Gasteiger partial charge in [0.15, 0.2) is 0 Å². The zero-order chi connectivity index (χ0) is 10.6. The van der Waals surface area contributed by atoms with E-state index in [2.05, 4.69) is 42.3 Å². The van der Waals surface area contributed by atoms with E-state index in [9.17, 15) is 4.79 Å². The number of nitrogens with one attached hydrogen (secondary N) is 1. The molecule has 14 heavy (non-hydrogen) atoms. The van der Waals surface area contributed by atoms with Gasteiger partial charge in [0.05, 0.1) is 0 Å². The topological polar surface area (TPSA) is 61.7 Å². The number of halogens is 2. The van der Waals surface area contributed by atoms with E-state index in [0.29, 0.717) is 5.69 Å². The van der Waals surface area contributed by atoms with Gasteiger partial charge in [0, 0.05) is 14.6 Å². The molecule has 1 amide bonds. The maximum Gasteiger partial charge on any atom is 0.270 e. The molecule has 0 aliphatic rings. The van der Waals surface area contributed by atoms with E-state index < -0.39 is 5.91 Å². The molecule has 0 spiro atoms. The third-order valence-corrected chi connectivity index (χ3v) is 2.22. The molecule has 0 unspecified atom stereocenters. The molecule has 0 fully saturated rings. The molecule has 0 aliphatic carbocycles. The van der Waals surface area contributed by atoms with E-state index in [-0.39, 0.29) is 0 Å². The predicted octanol–water partition coefficient (Wildman–Crippen LogP) is 2.61. The largest absolute Gasteiger partial charge is 0.411 e. The monoisotopic (exact) mass is 320 g/mol. The van der Waals surface area contributed by atoms with Crippen LogP contribution in [0.5, 0.6) is 0 Å². The summed E-state index contributed by atoms with van der Waals surface area (Å²) in [6, 6.07) is 5.30. The number of benzene rings is 1. The maximum absolute atomic E-state index is 11.0. The van der Waals surface area contributed by atoms with Gasteiger partial charge in [-0.2, -0.15) is 0 Å². The standard InChI is InChI=1S/C8H6Br2N2O2/c9-5-1-6(10)3-7(2-5)12-8(13)4-11-14/h1-4,14H,(H,12,13). The molecule has 0 atom stereocenters. The second-order valence-electron chi connectivity index (χ2n) is 2.39. The minimum atomic E-state index is -0.488. The van der Waals surface area contributed by atoms with E-state index in [4.69, 9.17) is 5.21 Å². The number of carbonyl (C=O) groups excluding carboxylic acids is 1. The molecule has 0 saturated heterocycles. The van der Waals surface area contributed by atoms with Crippen LogP contribution in [0.25, 0.3) is 0 Å². The van der Waals surface area contributed by atoms with Crippen molar-refractivity contribution in [3.05, 3.63) is 27.1 Å². The summed E-state index contributed by atoms with van der Waals surface area (Å²) in [7, 11) is 0. The first-order valence-corrected chi connectivity index (χ1v) is 5.15. The quantitative estimate of drug-likeness (QED) is 0.499. The number of carbonyl (C=O) groups is 1. The van der Waals surface area contributed by atoms with Crippen LogP contribution in [0.3, 0.4) is 0 Å². The van der Waals surface area contributed by atoms with Gasteiger partial charge in [0.2, 0.25) is 0 Å². The zero-order valence-corrected chi connectivity index (χ0v) is 10.0. The van der Waals surface area contributed by atoms with Crippen molar-refractivity contribution in [1.29, 1.82) is 0 Å². The Balaban J connectivity index is 2.81. The van der Waals surface area contributed by atoms with Crippen molar-refractivity contribution in [1.82, 2.24) is 0 Å². The molecule has 0 aliphatic heterocycles. The highest BCUT2D eigenvalue weighted by atomic mass is 79.9. The zero-order valence-electron chi connectivity index (χ0n) is 6.87. The van der Waals surface area contributed by atoms with Gasteiger partial charge in [0.25, 0.3) is 5.91 Å². The molecule has 1 aromatic carbocycles. The second kappa shape index (κ2) is 5.11. The summed E-state index contributed by atoms with van der Waals surface area (Å²) in [4.78, 5) is 11.0. The molecule has 1 aromatic rings. The van der Waals surface area contributed by atoms with Gasteiger partial charge in [0.1, 0.15) is 6.21 Å². The van der Waals surface area contributed by atoms with Crippen molar-refractivity contribution in [2.75, 3.05) is 5.32 Å². The minimum absolute atomic E-state index is 0.488. The summed E-state index contributed by atoms with van der Waals surface area (Å²) in [6.07, 6.45) is 0.787. The lowest BCUT2D eigenvalue weighted by molar-refractivity contribution is -0.110. The van der Waals surface area contributed by atoms with Crippen molar-refractivity contribution in [2.45, 2.75) is 0 Å². The Bertz CT molecular complexity index is 359. The Morgan fingerprint density at radius 3 is 2.43 bits per heavy atom. The van der Waals surface area contributed by atoms with Crippen molar-refractivity contribution < 1.29 is 10.0 Å². The fourth-order valence-electron chi connectivity index (χ4n) is 0.853. The van der Waals surface area contributed by atoms with E-state index in [1.807, 2.05) is 6.07 Å². The first-order valence-electron chi connectivity index (χ1n) is 3.56. The third kappa shape index (κ3) is 3.47. The van der Waals surface area contributed by atoms with Crippen molar-refractivity contribution >= 4 is 49.7 Å². The summed E-state index contributed by atoms with van der Waals surface area (Å²) >= 11 is 6.56. The summed E-state index contributed by atoms with van der Waals surface area (Å²) < 4.78 is 1.67. The van der Waals surface area contributed by atoms with Crippen LogP contribution in [0.1, 0.15) is 0 Å². The van der Waals surface area contributed by atoms with Crippen molar-refractivity contribution in [3.63, 3.8) is 0 Å². The van der Waals surface area contributed by atoms with Gasteiger partial charge in [-0.3, -0.25) is 4.79 Å². The SMILES string of the molecule is O=C(C=NO)Nc1cc(Br)cc(Br)c1. The first kappa shape index (κ1) is 11.2. The normalized spacial score (nSPS) is 10.4. The summed E-state index contributed by atoms with van der Waals surface area (Å²) in [6.45, 7) is 0. The summed E-state index contributed by atoms with van der Waals surface area (Å²) in [5.74, 6) is -0.488. The molecule has 0 saturated carbocycles. The van der Waals surface area contributed by atoms with Crippen LogP contribution < -0.4 is 5.32 Å². The Hall–Kier alpha value is -0.880. The average Bonchev–Trinajstić information content (AvgIpc) is 2.01. The van der Waals surface area contributed by atoms with Gasteiger partial charge in [-0.05, 0) is 18.2 Å². The lowest BCUT2D eigenvalue weighted by Crippen LogP contribution is -2.12. The molecule has 0 radical (unpaired) electrons. The van der Waals surface area contributed by atoms with Crippen LogP contribution in [0.15, 0.2) is 32.3 Å². The van der Waals surface area contributed by atoms with Crippen molar-refractivity contribution in [3.8, 4) is 0 Å². The fourth-order valence-corrected chi connectivity index (χ4v) is 2.15. The van der Waals surface area contributed by atoms with E-state index in [0.717, 1.165) is 15.2 Å². The lowest BCUT2D eigenvalue weighted by Gasteiger charge is -2.02. The molecule has 4 nitrogen and oxygen atoms in total. The molecule has 2 N–H and O–H groups in total. The Kier molecular flexibility index (Phi) is 4.09. The van der Waals surface area contributed by atoms with Crippen LogP contribution >= 0.6 is 31.9 Å². The van der Waals surface area contributed by atoms with Gasteiger partial charge >= 0.3 is 0 Å². The van der Waals surface area contributed by atoms with E-state index >= 15 is 0 Å². The van der Waals surface area contributed by atoms with Gasteiger partial charge < -0.3 is 10.5 Å². The number of hydrogen-bond acceptors (Lipinski definition) is 3. The van der Waals surface area contributed by atoms with Crippen LogP contribution in [-0.2, 0) is 4.79 Å². The highest BCUT2D eigenvalue weighted by Crippen LogP contribution is 2.22. The van der Waals surface area contributed by atoms with Crippen LogP contribution in [-0.4, -0.2) is 17.3 Å². The molecule has 6 heteroatoms. The van der Waals surface area contributed by atoms with Gasteiger partial charge in [-0.15, -0.1) is 0 Å². The Labute approximate surface area is 97.3 Å². The fraction of sp³-hybridized carbons (Fsp3) is 0. The Morgan fingerprint density at radius 2 is 1.93 bits per heavy atom. The number of rotatable bonds is 2. The number of nitrogens with zero attached hydrogens (tertiary/aromatic N) is 1. The summed E-state index contributed by atoms with van der Waals surface area (Å²) in [5, 5.41) is 13.2. The molecular weight excluding hydrogens is 316 g/mol. The number of hydrogen-bond donors (Lipinski definition) is 2. The first-order chi connectivity index (χ1) is 6.61. The maximum atomic E-state index is 11.0. The Morgan fingerprint density at radius 1 is 1.36 bits per heavy atom. The van der Waals surface area contributed by atoms with Crippen LogP contribution in [0.2, 0.25) is 0 Å². The van der Waals surface area contributed by atoms with Crippen LogP contribution in [0.4, 0.5) is 5.69 Å². The molecule has 1 rings (SSSR count). The lowest BCUT2D eigenvalue weighted by atomic mass is 10.3. The highest BCUT2D eigenvalue weighted by Gasteiger charge is 2.00. The smallest absolute Gasteiger partial charge is 0.270 e. The molecule has 0 aromatic heterocycles. The predicted molar refractivity (Wildman–Crippen MR) is 60.8 cm³/mol. The van der Waals surface area contributed by atoms with Crippen LogP contribution in [0, 0.1) is 0 Å². The highest BCUT2D eigenvalue weighted by molar-refractivity contribution is 9.11. The second-order valence-corrected chi connectivity index (χ2v) is 4.22. The minimum Gasteiger partial charge on any atom is -0.411 e. The van der Waals surface area contributed by atoms with E-state index in [1.54, 1.807) is 12.1 Å². The molecule has 74 valence electrons. The van der Waals surface area contributed by atoms with Gasteiger partial charge in [-0.1, -0.05) is 37.0 Å².